The van der Waals surface area contributed by atoms with Gasteiger partial charge in [0.05, 0.1) is 27.2 Å². The van der Waals surface area contributed by atoms with E-state index in [-0.39, 0.29) is 0 Å². The number of nitrogens with zero attached hydrogens (tertiary/aromatic N) is 2. The highest BCUT2D eigenvalue weighted by Gasteiger charge is 2.21. The van der Waals surface area contributed by atoms with E-state index >= 15 is 0 Å². The molecule has 0 fully saturated rings. The van der Waals surface area contributed by atoms with Gasteiger partial charge in [-0.05, 0) is 155 Å². The van der Waals surface area contributed by atoms with Gasteiger partial charge in [0.1, 0.15) is 0 Å². The van der Waals surface area contributed by atoms with E-state index in [4.69, 9.17) is 9.97 Å². The van der Waals surface area contributed by atoms with Gasteiger partial charge in [0, 0.05) is 33.2 Å². The standard InChI is InChI=1S/C56H69BrN4/c1-5-9-13-17-23-40-27-21-28-41(24-18-14-10-6-2)52(40)54-46-33-31-44(58-46)39-45-32-34-47(59-45)55(49-36-38-51(61-49)56(57)50-37-35-48(54)60-50)53-42(25-19-15-11-7-3)29-22-30-43(53)26-20-16-12-8-4/h21-22,27-39,58-59H,5-20,23-26H2,1-4H3. The van der Waals surface area contributed by atoms with Crippen LogP contribution in [0.25, 0.3) is 68.6 Å². The van der Waals surface area contributed by atoms with Crippen LogP contribution in [0.15, 0.2) is 71.2 Å². The quantitative estimate of drug-likeness (QED) is 0.0667. The molecule has 2 aliphatic rings. The van der Waals surface area contributed by atoms with E-state index < -0.39 is 0 Å². The molecule has 5 aromatic rings. The number of aromatic amines is 2. The Morgan fingerprint density at radius 1 is 0.393 bits per heavy atom. The first-order valence-electron chi connectivity index (χ1n) is 24.0. The maximum absolute atomic E-state index is 5.46. The molecule has 5 heteroatoms. The lowest BCUT2D eigenvalue weighted by atomic mass is 9.88. The SMILES string of the molecule is CCCCCCc1cccc(CCCCCC)c1-c1c2nc(c(Br)c3nc(c(-c4c(CCCCCC)cccc4CCCCCC)c4ccc(cc5ccc1[nH]5)[nH]4)C=C3)C=C2. The van der Waals surface area contributed by atoms with Crippen LogP contribution in [0.1, 0.15) is 175 Å². The number of H-pyrrole nitrogens is 2. The topological polar surface area (TPSA) is 57.4 Å². The molecule has 0 amide bonds. The Hall–Kier alpha value is -4.48. The minimum absolute atomic E-state index is 0.907. The molecule has 0 spiro atoms. The second-order valence-corrected chi connectivity index (χ2v) is 18.2. The van der Waals surface area contributed by atoms with Gasteiger partial charge in [0.25, 0.3) is 0 Å². The average Bonchev–Trinajstić information content (AvgIpc) is 4.12. The number of hydrogen-bond donors (Lipinski definition) is 2. The summed E-state index contributed by atoms with van der Waals surface area (Å²) in [5.74, 6) is 0. The van der Waals surface area contributed by atoms with Crippen molar-refractivity contribution < 1.29 is 0 Å². The normalized spacial score (nSPS) is 12.2. The number of nitrogens with one attached hydrogen (secondary N) is 2. The Labute approximate surface area is 375 Å². The predicted molar refractivity (Wildman–Crippen MR) is 269 cm³/mol. The summed E-state index contributed by atoms with van der Waals surface area (Å²) in [5, 5.41) is 0. The molecule has 0 saturated carbocycles. The van der Waals surface area contributed by atoms with Gasteiger partial charge in [-0.25, -0.2) is 9.97 Å². The minimum Gasteiger partial charge on any atom is -0.355 e. The third-order valence-corrected chi connectivity index (χ3v) is 13.5. The van der Waals surface area contributed by atoms with Crippen molar-refractivity contribution in [3.05, 3.63) is 116 Å². The van der Waals surface area contributed by atoms with Crippen LogP contribution < -0.4 is 0 Å². The predicted octanol–water partition coefficient (Wildman–Crippen LogP) is 17.2. The van der Waals surface area contributed by atoms with E-state index in [1.54, 1.807) is 0 Å². The molecule has 4 nitrogen and oxygen atoms in total. The molecule has 2 N–H and O–H groups in total. The number of fused-ring (bicyclic) bond motifs is 8. The van der Waals surface area contributed by atoms with Gasteiger partial charge < -0.3 is 9.97 Å². The lowest BCUT2D eigenvalue weighted by Crippen LogP contribution is -2.00. The van der Waals surface area contributed by atoms with Gasteiger partial charge in [0.2, 0.25) is 0 Å². The molecule has 0 radical (unpaired) electrons. The number of rotatable bonds is 22. The Balaban J connectivity index is 1.46. The fraction of sp³-hybridized carbons (Fsp3) is 0.429. The average molecular weight is 878 g/mol. The molecule has 2 aliphatic heterocycles. The number of hydrogen-bond acceptors (Lipinski definition) is 2. The maximum atomic E-state index is 5.46. The van der Waals surface area contributed by atoms with E-state index in [0.717, 1.165) is 75.0 Å². The second kappa shape index (κ2) is 22.6. The first kappa shape index (κ1) is 44.6. The molecule has 0 atom stereocenters. The number of unbranched alkanes of at least 4 members (excludes halogenated alkanes) is 12. The van der Waals surface area contributed by atoms with Crippen molar-refractivity contribution in [3.63, 3.8) is 0 Å². The van der Waals surface area contributed by atoms with Crippen LogP contribution in [0.5, 0.6) is 0 Å². The van der Waals surface area contributed by atoms with Crippen LogP contribution in [-0.4, -0.2) is 19.9 Å². The van der Waals surface area contributed by atoms with Gasteiger partial charge in [-0.2, -0.15) is 0 Å². The zero-order valence-corrected chi connectivity index (χ0v) is 39.2. The third-order valence-electron chi connectivity index (χ3n) is 12.7. The summed E-state index contributed by atoms with van der Waals surface area (Å²) in [7, 11) is 0. The first-order valence-corrected chi connectivity index (χ1v) is 24.8. The third kappa shape index (κ3) is 11.1. The Morgan fingerprint density at radius 2 is 0.738 bits per heavy atom. The fourth-order valence-electron chi connectivity index (χ4n) is 9.38. The van der Waals surface area contributed by atoms with Gasteiger partial charge in [-0.1, -0.05) is 141 Å². The Bertz CT molecular complexity index is 2230. The van der Waals surface area contributed by atoms with Crippen molar-refractivity contribution >= 4 is 62.3 Å². The maximum Gasteiger partial charge on any atom is 0.0801 e. The summed E-state index contributed by atoms with van der Waals surface area (Å²) < 4.78 is 0.920. The summed E-state index contributed by atoms with van der Waals surface area (Å²) in [6.07, 6.45) is 32.9. The summed E-state index contributed by atoms with van der Waals surface area (Å²) in [6, 6.07) is 25.3. The lowest BCUT2D eigenvalue weighted by molar-refractivity contribution is 0.662. The molecule has 320 valence electrons. The second-order valence-electron chi connectivity index (χ2n) is 17.4. The van der Waals surface area contributed by atoms with E-state index in [1.807, 2.05) is 0 Å². The van der Waals surface area contributed by atoms with E-state index in [0.29, 0.717) is 0 Å². The van der Waals surface area contributed by atoms with Gasteiger partial charge in [-0.15, -0.1) is 0 Å². The molecule has 61 heavy (non-hydrogen) atoms. The van der Waals surface area contributed by atoms with Crippen molar-refractivity contribution in [2.24, 2.45) is 0 Å². The highest BCUT2D eigenvalue weighted by atomic mass is 79.9. The lowest BCUT2D eigenvalue weighted by Gasteiger charge is -2.17. The zero-order chi connectivity index (χ0) is 42.4. The van der Waals surface area contributed by atoms with Gasteiger partial charge in [-0.3, -0.25) is 0 Å². The van der Waals surface area contributed by atoms with E-state index in [1.165, 1.54) is 147 Å². The highest BCUT2D eigenvalue weighted by Crippen LogP contribution is 2.40. The number of aryl methyl sites for hydroxylation is 4. The van der Waals surface area contributed by atoms with Crippen molar-refractivity contribution in [1.29, 1.82) is 0 Å². The Kier molecular flexibility index (Phi) is 16.5. The highest BCUT2D eigenvalue weighted by molar-refractivity contribution is 9.10. The smallest absolute Gasteiger partial charge is 0.0801 e. The van der Waals surface area contributed by atoms with Crippen LogP contribution >= 0.6 is 15.9 Å². The molecule has 5 heterocycles. The molecule has 0 aliphatic carbocycles. The summed E-state index contributed by atoms with van der Waals surface area (Å²) >= 11 is 4.06. The minimum atomic E-state index is 0.907. The first-order chi connectivity index (χ1) is 30.0. The molecular formula is C56H69BrN4. The molecule has 0 saturated heterocycles. The van der Waals surface area contributed by atoms with Crippen molar-refractivity contribution in [1.82, 2.24) is 19.9 Å². The monoisotopic (exact) mass is 876 g/mol. The summed E-state index contributed by atoms with van der Waals surface area (Å²) in [5.41, 5.74) is 19.0. The molecule has 2 aromatic carbocycles. The van der Waals surface area contributed by atoms with Crippen LogP contribution in [0.3, 0.4) is 0 Å². The summed E-state index contributed by atoms with van der Waals surface area (Å²) in [4.78, 5) is 18.7. The van der Waals surface area contributed by atoms with Crippen LogP contribution in [0.4, 0.5) is 0 Å². The van der Waals surface area contributed by atoms with Crippen LogP contribution in [-0.2, 0) is 25.7 Å². The number of aromatic nitrogens is 4. The fourth-order valence-corrected chi connectivity index (χ4v) is 9.82. The number of halogens is 1. The molecular weight excluding hydrogens is 809 g/mol. The van der Waals surface area contributed by atoms with E-state index in [9.17, 15) is 0 Å². The van der Waals surface area contributed by atoms with Crippen LogP contribution in [0.2, 0.25) is 0 Å². The largest absolute Gasteiger partial charge is 0.355 e. The summed E-state index contributed by atoms with van der Waals surface area (Å²) in [6.45, 7) is 9.18. The molecule has 0 unspecified atom stereocenters. The van der Waals surface area contributed by atoms with Crippen molar-refractivity contribution in [2.75, 3.05) is 0 Å². The zero-order valence-electron chi connectivity index (χ0n) is 37.6. The van der Waals surface area contributed by atoms with E-state index in [2.05, 4.69) is 145 Å². The Morgan fingerprint density at radius 3 is 1.08 bits per heavy atom. The number of benzene rings is 2. The van der Waals surface area contributed by atoms with Gasteiger partial charge >= 0.3 is 0 Å². The molecule has 7 rings (SSSR count). The molecule has 8 bridgehead atoms. The van der Waals surface area contributed by atoms with Crippen molar-refractivity contribution in [3.8, 4) is 22.3 Å². The van der Waals surface area contributed by atoms with Crippen LogP contribution in [0, 0.1) is 0 Å². The van der Waals surface area contributed by atoms with Gasteiger partial charge in [0.15, 0.2) is 0 Å². The molecule has 3 aromatic heterocycles. The van der Waals surface area contributed by atoms with Crippen molar-refractivity contribution in [2.45, 2.75) is 156 Å².